The Hall–Kier alpha value is -2.42. The molecule has 0 aliphatic heterocycles. The maximum absolute atomic E-state index is 11.7. The first kappa shape index (κ1) is 14.5. The molecule has 1 fully saturated rings. The van der Waals surface area contributed by atoms with Gasteiger partial charge in [-0.3, -0.25) is 9.59 Å². The van der Waals surface area contributed by atoms with Crippen LogP contribution in [0.15, 0.2) is 54.6 Å². The molecule has 3 nitrogen and oxygen atoms in total. The van der Waals surface area contributed by atoms with Crippen molar-refractivity contribution in [1.82, 2.24) is 0 Å². The molecular weight excluding hydrogens is 276 g/mol. The number of carbonyl (C=O) groups excluding carboxylic acids is 2. The summed E-state index contributed by atoms with van der Waals surface area (Å²) in [4.78, 5) is 23.4. The van der Waals surface area contributed by atoms with Crippen LogP contribution in [-0.2, 0) is 16.2 Å². The topological polar surface area (TPSA) is 43.4 Å². The summed E-state index contributed by atoms with van der Waals surface area (Å²) in [6.45, 7) is 0.479. The third-order valence-corrected chi connectivity index (χ3v) is 3.94. The predicted octanol–water partition coefficient (Wildman–Crippen LogP) is 3.67. The lowest BCUT2D eigenvalue weighted by Crippen LogP contribution is -2.21. The third kappa shape index (κ3) is 3.42. The second kappa shape index (κ2) is 6.56. The van der Waals surface area contributed by atoms with Gasteiger partial charge in [-0.05, 0) is 17.2 Å². The molecule has 2 aromatic rings. The Labute approximate surface area is 129 Å². The van der Waals surface area contributed by atoms with Gasteiger partial charge < -0.3 is 4.74 Å². The minimum atomic E-state index is -0.0549. The van der Waals surface area contributed by atoms with E-state index >= 15 is 0 Å². The van der Waals surface area contributed by atoms with E-state index in [-0.39, 0.29) is 23.9 Å². The van der Waals surface area contributed by atoms with Crippen molar-refractivity contribution in [3.05, 3.63) is 65.7 Å². The normalized spacial score (nSPS) is 15.8. The quantitative estimate of drug-likeness (QED) is 0.808. The standard InChI is InChI=1S/C19H18O3/c20-16-10-15(11-17(21)12-16)18-8-4-5-9-19(18)22-13-14-6-2-1-3-7-14/h1-9,15H,10-13H2. The molecule has 22 heavy (non-hydrogen) atoms. The Morgan fingerprint density at radius 1 is 0.864 bits per heavy atom. The molecule has 0 radical (unpaired) electrons. The monoisotopic (exact) mass is 294 g/mol. The average Bonchev–Trinajstić information content (AvgIpc) is 2.53. The Morgan fingerprint density at radius 2 is 1.50 bits per heavy atom. The molecule has 1 saturated carbocycles. The van der Waals surface area contributed by atoms with E-state index in [1.807, 2.05) is 54.6 Å². The summed E-state index contributed by atoms with van der Waals surface area (Å²) in [6, 6.07) is 17.6. The van der Waals surface area contributed by atoms with Gasteiger partial charge in [0.2, 0.25) is 0 Å². The fraction of sp³-hybridized carbons (Fsp3) is 0.263. The summed E-state index contributed by atoms with van der Waals surface area (Å²) in [6.07, 6.45) is 0.943. The van der Waals surface area contributed by atoms with Crippen molar-refractivity contribution in [3.63, 3.8) is 0 Å². The van der Waals surface area contributed by atoms with Gasteiger partial charge in [0.25, 0.3) is 0 Å². The number of benzene rings is 2. The van der Waals surface area contributed by atoms with Crippen LogP contribution in [0.4, 0.5) is 0 Å². The predicted molar refractivity (Wildman–Crippen MR) is 83.8 cm³/mol. The molecule has 0 spiro atoms. The number of para-hydroxylation sites is 1. The summed E-state index contributed by atoms with van der Waals surface area (Å²) in [5, 5.41) is 0. The highest BCUT2D eigenvalue weighted by atomic mass is 16.5. The maximum atomic E-state index is 11.7. The summed E-state index contributed by atoms with van der Waals surface area (Å²) >= 11 is 0. The molecule has 0 aromatic heterocycles. The second-order valence-corrected chi connectivity index (χ2v) is 5.67. The number of hydrogen-bond donors (Lipinski definition) is 0. The minimum absolute atomic E-state index is 0.0270. The highest BCUT2D eigenvalue weighted by Gasteiger charge is 2.28. The van der Waals surface area contributed by atoms with E-state index < -0.39 is 0 Å². The third-order valence-electron chi connectivity index (χ3n) is 3.94. The van der Waals surface area contributed by atoms with Gasteiger partial charge in [-0.25, -0.2) is 0 Å². The molecule has 0 bridgehead atoms. The van der Waals surface area contributed by atoms with Crippen LogP contribution in [0.1, 0.15) is 36.3 Å². The molecule has 1 aliphatic carbocycles. The number of rotatable bonds is 4. The molecule has 3 rings (SSSR count). The van der Waals surface area contributed by atoms with Gasteiger partial charge in [-0.1, -0.05) is 48.5 Å². The largest absolute Gasteiger partial charge is 0.489 e. The van der Waals surface area contributed by atoms with Gasteiger partial charge >= 0.3 is 0 Å². The van der Waals surface area contributed by atoms with Crippen LogP contribution in [0.2, 0.25) is 0 Å². The molecule has 0 amide bonds. The highest BCUT2D eigenvalue weighted by Crippen LogP contribution is 2.35. The maximum Gasteiger partial charge on any atom is 0.140 e. The van der Waals surface area contributed by atoms with Crippen molar-refractivity contribution in [1.29, 1.82) is 0 Å². The molecule has 0 saturated heterocycles. The molecule has 1 aliphatic rings. The fourth-order valence-corrected chi connectivity index (χ4v) is 2.89. The van der Waals surface area contributed by atoms with Gasteiger partial charge in [-0.15, -0.1) is 0 Å². The average molecular weight is 294 g/mol. The smallest absolute Gasteiger partial charge is 0.140 e. The zero-order valence-electron chi connectivity index (χ0n) is 12.3. The van der Waals surface area contributed by atoms with E-state index in [1.165, 1.54) is 0 Å². The summed E-state index contributed by atoms with van der Waals surface area (Å²) in [5.41, 5.74) is 2.05. The van der Waals surface area contributed by atoms with E-state index in [1.54, 1.807) is 0 Å². The Kier molecular flexibility index (Phi) is 4.33. The Balaban J connectivity index is 1.78. The molecule has 3 heteroatoms. The van der Waals surface area contributed by atoms with E-state index in [4.69, 9.17) is 4.74 Å². The van der Waals surface area contributed by atoms with Crippen molar-refractivity contribution in [2.75, 3.05) is 0 Å². The molecule has 0 atom stereocenters. The summed E-state index contributed by atoms with van der Waals surface area (Å²) in [5.74, 6) is 0.762. The van der Waals surface area contributed by atoms with Crippen LogP contribution in [0, 0.1) is 0 Å². The van der Waals surface area contributed by atoms with E-state index in [0.29, 0.717) is 19.4 Å². The van der Waals surface area contributed by atoms with Crippen LogP contribution < -0.4 is 4.74 Å². The van der Waals surface area contributed by atoms with Crippen LogP contribution in [0.5, 0.6) is 5.75 Å². The first-order valence-electron chi connectivity index (χ1n) is 7.51. The first-order valence-corrected chi connectivity index (χ1v) is 7.51. The fourth-order valence-electron chi connectivity index (χ4n) is 2.89. The van der Waals surface area contributed by atoms with Gasteiger partial charge in [0, 0.05) is 18.8 Å². The van der Waals surface area contributed by atoms with Crippen LogP contribution in [-0.4, -0.2) is 11.6 Å². The zero-order valence-corrected chi connectivity index (χ0v) is 12.3. The lowest BCUT2D eigenvalue weighted by atomic mass is 9.82. The van der Waals surface area contributed by atoms with E-state index in [2.05, 4.69) is 0 Å². The van der Waals surface area contributed by atoms with Crippen molar-refractivity contribution >= 4 is 11.6 Å². The number of ether oxygens (including phenoxy) is 1. The Bertz CT molecular complexity index is 660. The molecule has 0 unspecified atom stereocenters. The molecule has 2 aromatic carbocycles. The van der Waals surface area contributed by atoms with Crippen molar-refractivity contribution in [2.24, 2.45) is 0 Å². The van der Waals surface area contributed by atoms with E-state index in [9.17, 15) is 9.59 Å². The highest BCUT2D eigenvalue weighted by molar-refractivity contribution is 6.02. The minimum Gasteiger partial charge on any atom is -0.489 e. The van der Waals surface area contributed by atoms with Gasteiger partial charge in [-0.2, -0.15) is 0 Å². The number of hydrogen-bond acceptors (Lipinski definition) is 3. The molecule has 0 heterocycles. The van der Waals surface area contributed by atoms with E-state index in [0.717, 1.165) is 16.9 Å². The van der Waals surface area contributed by atoms with Gasteiger partial charge in [0.15, 0.2) is 0 Å². The molecular formula is C19H18O3. The lowest BCUT2D eigenvalue weighted by molar-refractivity contribution is -0.130. The molecule has 112 valence electrons. The van der Waals surface area contributed by atoms with Crippen molar-refractivity contribution < 1.29 is 14.3 Å². The number of Topliss-reactive ketones (excluding diaryl/α,β-unsaturated/α-hetero) is 2. The number of ketones is 2. The lowest BCUT2D eigenvalue weighted by Gasteiger charge is -2.22. The van der Waals surface area contributed by atoms with Crippen LogP contribution >= 0.6 is 0 Å². The molecule has 0 N–H and O–H groups in total. The van der Waals surface area contributed by atoms with Gasteiger partial charge in [0.1, 0.15) is 23.9 Å². The summed E-state index contributed by atoms with van der Waals surface area (Å²) in [7, 11) is 0. The van der Waals surface area contributed by atoms with Gasteiger partial charge in [0.05, 0.1) is 6.42 Å². The van der Waals surface area contributed by atoms with Crippen LogP contribution in [0.3, 0.4) is 0 Å². The van der Waals surface area contributed by atoms with Crippen molar-refractivity contribution in [2.45, 2.75) is 31.8 Å². The Morgan fingerprint density at radius 3 is 2.23 bits per heavy atom. The zero-order chi connectivity index (χ0) is 15.4. The first-order chi connectivity index (χ1) is 10.7. The van der Waals surface area contributed by atoms with Crippen LogP contribution in [0.25, 0.3) is 0 Å². The summed E-state index contributed by atoms with van der Waals surface area (Å²) < 4.78 is 5.92. The SMILES string of the molecule is O=C1CC(=O)CC(c2ccccc2OCc2ccccc2)C1. The van der Waals surface area contributed by atoms with Crippen molar-refractivity contribution in [3.8, 4) is 5.75 Å². The number of carbonyl (C=O) groups is 2. The second-order valence-electron chi connectivity index (χ2n) is 5.67.